The Morgan fingerprint density at radius 1 is 1.20 bits per heavy atom. The third-order valence-electron chi connectivity index (χ3n) is 2.91. The predicted octanol–water partition coefficient (Wildman–Crippen LogP) is 2.02. The molecule has 0 amide bonds. The summed E-state index contributed by atoms with van der Waals surface area (Å²) in [7, 11) is 0. The number of rotatable bonds is 2. The fourth-order valence-corrected chi connectivity index (χ4v) is 1.91. The van der Waals surface area contributed by atoms with Crippen molar-refractivity contribution in [2.45, 2.75) is 38.7 Å². The number of hydrogen-bond donors (Lipinski definition) is 1. The van der Waals surface area contributed by atoms with E-state index in [1.807, 2.05) is 0 Å². The van der Waals surface area contributed by atoms with Gasteiger partial charge >= 0.3 is 0 Å². The fraction of sp³-hybridized carbons (Fsp3) is 0.636. The summed E-state index contributed by atoms with van der Waals surface area (Å²) in [4.78, 5) is 0. The number of anilines is 1. The van der Waals surface area contributed by atoms with Gasteiger partial charge in [0.2, 0.25) is 5.88 Å². The van der Waals surface area contributed by atoms with Crippen molar-refractivity contribution in [2.24, 2.45) is 5.92 Å². The maximum atomic E-state index is 5.73. The minimum Gasteiger partial charge on any atom is -0.473 e. The van der Waals surface area contributed by atoms with Crippen molar-refractivity contribution in [3.05, 3.63) is 12.1 Å². The largest absolute Gasteiger partial charge is 0.473 e. The molecule has 1 aromatic rings. The molecule has 1 aromatic heterocycles. The van der Waals surface area contributed by atoms with Crippen molar-refractivity contribution in [3.63, 3.8) is 0 Å². The zero-order valence-electron chi connectivity index (χ0n) is 9.02. The van der Waals surface area contributed by atoms with Crippen molar-refractivity contribution < 1.29 is 4.74 Å². The number of nitrogen functional groups attached to an aromatic ring is 1. The van der Waals surface area contributed by atoms with Gasteiger partial charge in [-0.3, -0.25) is 0 Å². The van der Waals surface area contributed by atoms with Gasteiger partial charge in [0.15, 0.2) is 0 Å². The Hall–Kier alpha value is -1.32. The van der Waals surface area contributed by atoms with Crippen LogP contribution in [-0.2, 0) is 0 Å². The average Bonchev–Trinajstić information content (AvgIpc) is 2.25. The highest BCUT2D eigenvalue weighted by atomic mass is 16.5. The number of nitrogens with two attached hydrogens (primary N) is 1. The van der Waals surface area contributed by atoms with Gasteiger partial charge in [-0.15, -0.1) is 10.2 Å². The molecule has 2 rings (SSSR count). The van der Waals surface area contributed by atoms with Gasteiger partial charge in [0, 0.05) is 6.07 Å². The lowest BCUT2D eigenvalue weighted by Gasteiger charge is -2.26. The maximum absolute atomic E-state index is 5.73. The zero-order valence-corrected chi connectivity index (χ0v) is 9.02. The highest BCUT2D eigenvalue weighted by Crippen LogP contribution is 2.26. The Labute approximate surface area is 89.8 Å². The molecule has 82 valence electrons. The van der Waals surface area contributed by atoms with E-state index in [1.165, 1.54) is 12.8 Å². The van der Waals surface area contributed by atoms with Crippen molar-refractivity contribution >= 4 is 5.82 Å². The van der Waals surface area contributed by atoms with E-state index in [0.717, 1.165) is 18.8 Å². The van der Waals surface area contributed by atoms with Crippen LogP contribution < -0.4 is 10.5 Å². The third kappa shape index (κ3) is 2.81. The maximum Gasteiger partial charge on any atom is 0.233 e. The van der Waals surface area contributed by atoms with Gasteiger partial charge in [-0.25, -0.2) is 0 Å². The van der Waals surface area contributed by atoms with Crippen LogP contribution >= 0.6 is 0 Å². The molecule has 0 unspecified atom stereocenters. The molecule has 1 heterocycles. The first-order valence-electron chi connectivity index (χ1n) is 5.50. The van der Waals surface area contributed by atoms with Gasteiger partial charge in [-0.05, 0) is 37.7 Å². The van der Waals surface area contributed by atoms with Gasteiger partial charge in [-0.2, -0.15) is 0 Å². The molecule has 1 aliphatic carbocycles. The summed E-state index contributed by atoms with van der Waals surface area (Å²) < 4.78 is 5.73. The summed E-state index contributed by atoms with van der Waals surface area (Å²) in [5, 5.41) is 7.66. The molecule has 0 spiro atoms. The first-order chi connectivity index (χ1) is 7.24. The lowest BCUT2D eigenvalue weighted by atomic mass is 9.89. The van der Waals surface area contributed by atoms with Crippen molar-refractivity contribution in [1.29, 1.82) is 0 Å². The highest BCUT2D eigenvalue weighted by molar-refractivity contribution is 5.27. The van der Waals surface area contributed by atoms with E-state index < -0.39 is 0 Å². The van der Waals surface area contributed by atoms with Gasteiger partial charge < -0.3 is 10.5 Å². The van der Waals surface area contributed by atoms with E-state index in [2.05, 4.69) is 17.1 Å². The molecule has 4 nitrogen and oxygen atoms in total. The van der Waals surface area contributed by atoms with E-state index in [-0.39, 0.29) is 0 Å². The summed E-state index contributed by atoms with van der Waals surface area (Å²) >= 11 is 0. The molecular weight excluding hydrogens is 190 g/mol. The van der Waals surface area contributed by atoms with E-state index in [9.17, 15) is 0 Å². The summed E-state index contributed by atoms with van der Waals surface area (Å²) in [6, 6.07) is 3.49. The lowest BCUT2D eigenvalue weighted by molar-refractivity contribution is 0.129. The monoisotopic (exact) mass is 207 g/mol. The molecule has 0 radical (unpaired) electrons. The summed E-state index contributed by atoms with van der Waals surface area (Å²) in [5.74, 6) is 1.85. The lowest BCUT2D eigenvalue weighted by Crippen LogP contribution is -2.23. The molecule has 0 aromatic carbocycles. The molecular formula is C11H17N3O. The SMILES string of the molecule is CC1CCC(Oc2ccc(N)nn2)CC1. The smallest absolute Gasteiger partial charge is 0.233 e. The van der Waals surface area contributed by atoms with Crippen molar-refractivity contribution in [2.75, 3.05) is 5.73 Å². The normalized spacial score (nSPS) is 26.2. The number of hydrogen-bond acceptors (Lipinski definition) is 4. The van der Waals surface area contributed by atoms with Crippen molar-refractivity contribution in [1.82, 2.24) is 10.2 Å². The molecule has 0 atom stereocenters. The molecule has 0 bridgehead atoms. The average molecular weight is 207 g/mol. The standard InChI is InChI=1S/C11H17N3O/c1-8-2-4-9(5-3-8)15-11-7-6-10(12)13-14-11/h6-9H,2-5H2,1H3,(H2,12,13). The second-order valence-corrected chi connectivity index (χ2v) is 4.30. The molecule has 2 N–H and O–H groups in total. The van der Waals surface area contributed by atoms with Crippen LogP contribution in [0, 0.1) is 5.92 Å². The Bertz CT molecular complexity index is 304. The molecule has 0 aliphatic heterocycles. The van der Waals surface area contributed by atoms with E-state index in [0.29, 0.717) is 17.8 Å². The van der Waals surface area contributed by atoms with E-state index in [4.69, 9.17) is 10.5 Å². The van der Waals surface area contributed by atoms with Crippen molar-refractivity contribution in [3.8, 4) is 5.88 Å². The second kappa shape index (κ2) is 4.47. The molecule has 4 heteroatoms. The van der Waals surface area contributed by atoms with Crippen LogP contribution in [0.3, 0.4) is 0 Å². The Morgan fingerprint density at radius 3 is 2.53 bits per heavy atom. The predicted molar refractivity (Wildman–Crippen MR) is 58.5 cm³/mol. The molecule has 15 heavy (non-hydrogen) atoms. The van der Waals surface area contributed by atoms with Crippen LogP contribution in [0.2, 0.25) is 0 Å². The molecule has 0 saturated heterocycles. The van der Waals surface area contributed by atoms with Crippen LogP contribution in [0.5, 0.6) is 5.88 Å². The first kappa shape index (κ1) is 10.2. The van der Waals surface area contributed by atoms with Crippen LogP contribution in [0.25, 0.3) is 0 Å². The van der Waals surface area contributed by atoms with Crippen LogP contribution in [0.1, 0.15) is 32.6 Å². The van der Waals surface area contributed by atoms with E-state index in [1.54, 1.807) is 12.1 Å². The molecule has 1 saturated carbocycles. The summed E-state index contributed by atoms with van der Waals surface area (Å²) in [6.45, 7) is 2.29. The quantitative estimate of drug-likeness (QED) is 0.805. The molecule has 1 aliphatic rings. The Morgan fingerprint density at radius 2 is 1.93 bits per heavy atom. The Balaban J connectivity index is 1.89. The topological polar surface area (TPSA) is 61.0 Å². The molecule has 1 fully saturated rings. The summed E-state index contributed by atoms with van der Waals surface area (Å²) in [5.41, 5.74) is 5.45. The Kier molecular flexibility index (Phi) is 3.04. The van der Waals surface area contributed by atoms with Crippen LogP contribution in [0.15, 0.2) is 12.1 Å². The fourth-order valence-electron chi connectivity index (χ4n) is 1.91. The van der Waals surface area contributed by atoms with Gasteiger partial charge in [-0.1, -0.05) is 6.92 Å². The summed E-state index contributed by atoms with van der Waals surface area (Å²) in [6.07, 6.45) is 5.03. The number of nitrogens with zero attached hydrogens (tertiary/aromatic N) is 2. The van der Waals surface area contributed by atoms with Gasteiger partial charge in [0.1, 0.15) is 11.9 Å². The minimum atomic E-state index is 0.305. The first-order valence-corrected chi connectivity index (χ1v) is 5.50. The zero-order chi connectivity index (χ0) is 10.7. The van der Waals surface area contributed by atoms with Gasteiger partial charge in [0.25, 0.3) is 0 Å². The van der Waals surface area contributed by atoms with E-state index >= 15 is 0 Å². The third-order valence-corrected chi connectivity index (χ3v) is 2.91. The van der Waals surface area contributed by atoms with Crippen LogP contribution in [-0.4, -0.2) is 16.3 Å². The van der Waals surface area contributed by atoms with Crippen LogP contribution in [0.4, 0.5) is 5.82 Å². The number of aromatic nitrogens is 2. The van der Waals surface area contributed by atoms with Gasteiger partial charge in [0.05, 0.1) is 0 Å². The minimum absolute atomic E-state index is 0.305. The number of ether oxygens (including phenoxy) is 1. The highest BCUT2D eigenvalue weighted by Gasteiger charge is 2.19. The second-order valence-electron chi connectivity index (χ2n) is 4.30.